The predicted octanol–water partition coefficient (Wildman–Crippen LogP) is 4.36. The topological polar surface area (TPSA) is 77.6 Å². The van der Waals surface area contributed by atoms with Crippen LogP contribution in [0.5, 0.6) is 0 Å². The van der Waals surface area contributed by atoms with Crippen molar-refractivity contribution >= 4 is 5.91 Å². The highest BCUT2D eigenvalue weighted by molar-refractivity contribution is 5.96. The Bertz CT molecular complexity index is 1260. The number of halogens is 5. The van der Waals surface area contributed by atoms with Crippen molar-refractivity contribution in [1.29, 1.82) is 0 Å². The number of nitrogens with zero attached hydrogens (tertiary/aromatic N) is 5. The Kier molecular flexibility index (Phi) is 5.84. The van der Waals surface area contributed by atoms with Crippen molar-refractivity contribution in [3.8, 4) is 5.82 Å². The molecule has 0 saturated heterocycles. The number of hydrogen-bond acceptors (Lipinski definition) is 4. The average molecular weight is 478 g/mol. The molecular formula is C22H19F5N6O. The van der Waals surface area contributed by atoms with Gasteiger partial charge < -0.3 is 5.32 Å². The number of alkyl halides is 5. The summed E-state index contributed by atoms with van der Waals surface area (Å²) in [5.74, 6) is -0.966. The van der Waals surface area contributed by atoms with Crippen LogP contribution in [0.2, 0.25) is 0 Å². The first kappa shape index (κ1) is 23.3. The van der Waals surface area contributed by atoms with Gasteiger partial charge in [0.1, 0.15) is 5.69 Å². The number of pyridine rings is 1. The third kappa shape index (κ3) is 4.47. The number of carbonyl (C=O) groups is 1. The van der Waals surface area contributed by atoms with E-state index in [4.69, 9.17) is 0 Å². The molecule has 0 fully saturated rings. The second-order valence-corrected chi connectivity index (χ2v) is 7.95. The van der Waals surface area contributed by atoms with Gasteiger partial charge in [0.05, 0.1) is 11.1 Å². The zero-order valence-electron chi connectivity index (χ0n) is 18.0. The number of carbonyl (C=O) groups excluding carboxylic acids is 1. The minimum atomic E-state index is -4.57. The smallest absolute Gasteiger partial charge is 0.342 e. The highest BCUT2D eigenvalue weighted by Gasteiger charge is 2.36. The van der Waals surface area contributed by atoms with E-state index in [2.05, 4.69) is 20.5 Å². The van der Waals surface area contributed by atoms with Crippen LogP contribution in [0.4, 0.5) is 22.0 Å². The molecule has 0 bridgehead atoms. The maximum atomic E-state index is 13.3. The fourth-order valence-electron chi connectivity index (χ4n) is 3.78. The Balaban J connectivity index is 1.58. The molecule has 178 valence electrons. The monoisotopic (exact) mass is 478 g/mol. The maximum Gasteiger partial charge on any atom is 0.435 e. The lowest BCUT2D eigenvalue weighted by Gasteiger charge is -2.36. The summed E-state index contributed by atoms with van der Waals surface area (Å²) in [4.78, 5) is 17.1. The van der Waals surface area contributed by atoms with Crippen LogP contribution in [-0.2, 0) is 13.2 Å². The van der Waals surface area contributed by atoms with Crippen LogP contribution in [0, 0.1) is 0 Å². The first-order valence-electron chi connectivity index (χ1n) is 10.1. The van der Waals surface area contributed by atoms with Gasteiger partial charge in [-0.15, -0.1) is 0 Å². The van der Waals surface area contributed by atoms with Gasteiger partial charge in [-0.2, -0.15) is 23.4 Å². The number of aryl methyl sites for hydroxylation is 1. The SMILES string of the molecule is Cn1cc(C(=O)NC2(C)C=CC=CC2c2ccc(-n3ccc(C(F)(F)F)n3)nc2)c(C(F)F)n1. The van der Waals surface area contributed by atoms with E-state index in [1.807, 2.05) is 6.08 Å². The summed E-state index contributed by atoms with van der Waals surface area (Å²) in [6.07, 6.45) is 3.40. The normalized spacial score (nSPS) is 20.2. The molecule has 0 aliphatic heterocycles. The van der Waals surface area contributed by atoms with E-state index in [-0.39, 0.29) is 11.4 Å². The first-order chi connectivity index (χ1) is 16.0. The lowest BCUT2D eigenvalue weighted by molar-refractivity contribution is -0.141. The molecule has 2 unspecified atom stereocenters. The molecule has 1 aliphatic carbocycles. The summed E-state index contributed by atoms with van der Waals surface area (Å²) in [5.41, 5.74) is -2.23. The van der Waals surface area contributed by atoms with E-state index in [1.54, 1.807) is 31.2 Å². The number of nitrogens with one attached hydrogen (secondary N) is 1. The minimum Gasteiger partial charge on any atom is -0.342 e. The van der Waals surface area contributed by atoms with Crippen molar-refractivity contribution in [3.63, 3.8) is 0 Å². The van der Waals surface area contributed by atoms with Crippen molar-refractivity contribution in [2.24, 2.45) is 7.05 Å². The largest absolute Gasteiger partial charge is 0.435 e. The number of rotatable bonds is 5. The molecule has 0 radical (unpaired) electrons. The quantitative estimate of drug-likeness (QED) is 0.553. The van der Waals surface area contributed by atoms with Gasteiger partial charge in [0, 0.05) is 31.6 Å². The molecule has 2 atom stereocenters. The zero-order valence-corrected chi connectivity index (χ0v) is 18.0. The van der Waals surface area contributed by atoms with Crippen molar-refractivity contribution < 1.29 is 26.7 Å². The van der Waals surface area contributed by atoms with E-state index >= 15 is 0 Å². The minimum absolute atomic E-state index is 0.178. The third-order valence-electron chi connectivity index (χ3n) is 5.44. The highest BCUT2D eigenvalue weighted by atomic mass is 19.4. The average Bonchev–Trinajstić information content (AvgIpc) is 3.41. The molecule has 3 aromatic rings. The Labute approximate surface area is 190 Å². The molecule has 3 heterocycles. The standard InChI is InChI=1S/C22H19F5N6O/c1-21(29-20(34)14-12-32(2)31-18(14)19(23)24)9-4-3-5-15(21)13-6-7-17(28-11-13)33-10-8-16(30-33)22(25,26)27/h3-12,15,19H,1-2H3,(H,29,34). The van der Waals surface area contributed by atoms with Crippen LogP contribution < -0.4 is 5.32 Å². The lowest BCUT2D eigenvalue weighted by atomic mass is 9.78. The van der Waals surface area contributed by atoms with Gasteiger partial charge in [0.15, 0.2) is 11.5 Å². The summed E-state index contributed by atoms with van der Waals surface area (Å²) in [6, 6.07) is 4.01. The van der Waals surface area contributed by atoms with Gasteiger partial charge in [-0.05, 0) is 24.6 Å². The summed E-state index contributed by atoms with van der Waals surface area (Å²) < 4.78 is 67.2. The molecular weight excluding hydrogens is 459 g/mol. The highest BCUT2D eigenvalue weighted by Crippen LogP contribution is 2.34. The molecule has 4 rings (SSSR count). The third-order valence-corrected chi connectivity index (χ3v) is 5.44. The predicted molar refractivity (Wildman–Crippen MR) is 111 cm³/mol. The summed E-state index contributed by atoms with van der Waals surface area (Å²) >= 11 is 0. The Hall–Kier alpha value is -3.83. The molecule has 1 N–H and O–H groups in total. The molecule has 0 spiro atoms. The van der Waals surface area contributed by atoms with Crippen LogP contribution in [-0.4, -0.2) is 36.0 Å². The number of allylic oxidation sites excluding steroid dienone is 2. The van der Waals surface area contributed by atoms with E-state index in [1.165, 1.54) is 25.5 Å². The molecule has 1 amide bonds. The molecule has 12 heteroatoms. The molecule has 1 aliphatic rings. The van der Waals surface area contributed by atoms with E-state index in [9.17, 15) is 26.7 Å². The number of aromatic nitrogens is 5. The Morgan fingerprint density at radius 2 is 1.94 bits per heavy atom. The summed E-state index contributed by atoms with van der Waals surface area (Å²) in [7, 11) is 1.45. The second-order valence-electron chi connectivity index (χ2n) is 7.95. The van der Waals surface area contributed by atoms with E-state index in [0.717, 1.165) is 21.6 Å². The lowest BCUT2D eigenvalue weighted by Crippen LogP contribution is -2.49. The van der Waals surface area contributed by atoms with Crippen LogP contribution >= 0.6 is 0 Å². The summed E-state index contributed by atoms with van der Waals surface area (Å²) in [6.45, 7) is 1.73. The van der Waals surface area contributed by atoms with Gasteiger partial charge in [0.2, 0.25) is 0 Å². The molecule has 7 nitrogen and oxygen atoms in total. The van der Waals surface area contributed by atoms with Crippen LogP contribution in [0.25, 0.3) is 5.82 Å². The van der Waals surface area contributed by atoms with Crippen molar-refractivity contribution in [1.82, 2.24) is 29.9 Å². The van der Waals surface area contributed by atoms with Crippen molar-refractivity contribution in [3.05, 3.63) is 83.6 Å². The molecule has 3 aromatic heterocycles. The Morgan fingerprint density at radius 3 is 2.56 bits per heavy atom. The summed E-state index contributed by atoms with van der Waals surface area (Å²) in [5, 5.41) is 9.96. The second kappa shape index (κ2) is 8.50. The molecule has 34 heavy (non-hydrogen) atoms. The van der Waals surface area contributed by atoms with Gasteiger partial charge in [0.25, 0.3) is 12.3 Å². The fraction of sp³-hybridized carbons (Fsp3) is 0.273. The number of amides is 1. The van der Waals surface area contributed by atoms with Crippen molar-refractivity contribution in [2.75, 3.05) is 0 Å². The Morgan fingerprint density at radius 1 is 1.18 bits per heavy atom. The van der Waals surface area contributed by atoms with Crippen molar-refractivity contribution in [2.45, 2.75) is 31.0 Å². The van der Waals surface area contributed by atoms with Gasteiger partial charge in [-0.1, -0.05) is 30.4 Å². The zero-order chi connectivity index (χ0) is 24.7. The van der Waals surface area contributed by atoms with Crippen LogP contribution in [0.1, 0.15) is 46.6 Å². The van der Waals surface area contributed by atoms with Crippen LogP contribution in [0.15, 0.2) is 61.1 Å². The van der Waals surface area contributed by atoms with Gasteiger partial charge in [-0.25, -0.2) is 18.4 Å². The number of hydrogen-bond donors (Lipinski definition) is 1. The van der Waals surface area contributed by atoms with E-state index in [0.29, 0.717) is 5.56 Å². The van der Waals surface area contributed by atoms with Gasteiger partial charge >= 0.3 is 6.18 Å². The van der Waals surface area contributed by atoms with Crippen LogP contribution in [0.3, 0.4) is 0 Å². The first-order valence-corrected chi connectivity index (χ1v) is 10.1. The molecule has 0 aromatic carbocycles. The maximum absolute atomic E-state index is 13.3. The molecule has 0 saturated carbocycles. The fourth-order valence-corrected chi connectivity index (χ4v) is 3.78. The van der Waals surface area contributed by atoms with Gasteiger partial charge in [-0.3, -0.25) is 9.48 Å². The van der Waals surface area contributed by atoms with E-state index < -0.39 is 41.4 Å².